The van der Waals surface area contributed by atoms with Gasteiger partial charge in [-0.2, -0.15) is 0 Å². The number of benzene rings is 2. The van der Waals surface area contributed by atoms with Crippen LogP contribution in [0.15, 0.2) is 48.5 Å². The van der Waals surface area contributed by atoms with Gasteiger partial charge in [0.2, 0.25) is 5.91 Å². The quantitative estimate of drug-likeness (QED) is 0.653. The van der Waals surface area contributed by atoms with Gasteiger partial charge in [0.25, 0.3) is 0 Å². The number of rotatable bonds is 5. The maximum Gasteiger partial charge on any atom is 0.222 e. The lowest BCUT2D eigenvalue weighted by atomic mass is 10.1. The summed E-state index contributed by atoms with van der Waals surface area (Å²) < 4.78 is 0. The molecule has 2 aliphatic rings. The van der Waals surface area contributed by atoms with Gasteiger partial charge in [-0.15, -0.1) is 0 Å². The number of piperazine rings is 1. The smallest absolute Gasteiger partial charge is 0.222 e. The lowest BCUT2D eigenvalue weighted by molar-refractivity contribution is -0.131. The zero-order valence-corrected chi connectivity index (χ0v) is 18.9. The molecular formula is C25H30ClN3O2. The van der Waals surface area contributed by atoms with Gasteiger partial charge in [0, 0.05) is 68.0 Å². The Morgan fingerprint density at radius 2 is 1.74 bits per heavy atom. The van der Waals surface area contributed by atoms with Crippen molar-refractivity contribution in [3.05, 3.63) is 64.7 Å². The third-order valence-corrected chi connectivity index (χ3v) is 6.74. The number of hydrogen-bond donors (Lipinski definition) is 0. The van der Waals surface area contributed by atoms with Gasteiger partial charge < -0.3 is 9.80 Å². The van der Waals surface area contributed by atoms with Crippen LogP contribution in [0.5, 0.6) is 0 Å². The van der Waals surface area contributed by atoms with Crippen LogP contribution in [0, 0.1) is 0 Å². The van der Waals surface area contributed by atoms with Gasteiger partial charge in [0.1, 0.15) is 0 Å². The van der Waals surface area contributed by atoms with E-state index in [0.717, 1.165) is 56.7 Å². The first-order valence-electron chi connectivity index (χ1n) is 11.1. The molecule has 0 aromatic heterocycles. The Morgan fingerprint density at radius 1 is 1.00 bits per heavy atom. The van der Waals surface area contributed by atoms with Crippen molar-refractivity contribution in [2.24, 2.45) is 0 Å². The van der Waals surface area contributed by atoms with Crippen LogP contribution in [-0.2, 0) is 11.3 Å². The molecule has 1 unspecified atom stereocenters. The van der Waals surface area contributed by atoms with E-state index >= 15 is 0 Å². The van der Waals surface area contributed by atoms with Gasteiger partial charge in [0.15, 0.2) is 5.78 Å². The van der Waals surface area contributed by atoms with Gasteiger partial charge in [-0.25, -0.2) is 0 Å². The molecule has 2 fully saturated rings. The van der Waals surface area contributed by atoms with Crippen LogP contribution in [0.25, 0.3) is 0 Å². The maximum atomic E-state index is 12.7. The van der Waals surface area contributed by atoms with E-state index in [2.05, 4.69) is 9.80 Å². The van der Waals surface area contributed by atoms with E-state index in [4.69, 9.17) is 11.6 Å². The SMILES string of the molecule is CC(=O)c1ccc(N2CCN(C3CCC(=O)N(Cc4cccc(Cl)c4)CC3)CC2)cc1. The highest BCUT2D eigenvalue weighted by atomic mass is 35.5. The number of carbonyl (C=O) groups excluding carboxylic acids is 2. The zero-order valence-electron chi connectivity index (χ0n) is 18.1. The molecule has 2 saturated heterocycles. The Hall–Kier alpha value is -2.37. The van der Waals surface area contributed by atoms with Crippen molar-refractivity contribution in [2.45, 2.75) is 38.8 Å². The molecule has 0 N–H and O–H groups in total. The molecule has 1 atom stereocenters. The predicted octanol–water partition coefficient (Wildman–Crippen LogP) is 4.25. The molecule has 5 nitrogen and oxygen atoms in total. The number of Topliss-reactive ketones (excluding diaryl/α,β-unsaturated/α-hetero) is 1. The molecule has 31 heavy (non-hydrogen) atoms. The first kappa shape index (κ1) is 21.8. The van der Waals surface area contributed by atoms with E-state index < -0.39 is 0 Å². The first-order chi connectivity index (χ1) is 15.0. The standard InChI is InChI=1S/C25H30ClN3O2/c1-19(30)21-5-7-23(8-6-21)27-13-15-28(16-14-27)24-9-10-25(31)29(12-11-24)18-20-3-2-4-22(26)17-20/h2-8,17,24H,9-16,18H2,1H3. The van der Waals surface area contributed by atoms with Crippen LogP contribution in [-0.4, -0.2) is 60.3 Å². The topological polar surface area (TPSA) is 43.9 Å². The highest BCUT2D eigenvalue weighted by Crippen LogP contribution is 2.23. The van der Waals surface area contributed by atoms with E-state index in [0.29, 0.717) is 24.0 Å². The number of nitrogens with zero attached hydrogens (tertiary/aromatic N) is 3. The zero-order chi connectivity index (χ0) is 21.8. The molecule has 2 heterocycles. The Balaban J connectivity index is 1.31. The molecule has 2 aromatic rings. The van der Waals surface area contributed by atoms with Gasteiger partial charge in [0.05, 0.1) is 0 Å². The summed E-state index contributed by atoms with van der Waals surface area (Å²) in [5, 5.41) is 0.714. The summed E-state index contributed by atoms with van der Waals surface area (Å²) in [6.45, 7) is 6.97. The Kier molecular flexibility index (Phi) is 6.93. The van der Waals surface area contributed by atoms with Crippen molar-refractivity contribution in [3.63, 3.8) is 0 Å². The molecule has 4 rings (SSSR count). The van der Waals surface area contributed by atoms with Crippen LogP contribution < -0.4 is 4.90 Å². The van der Waals surface area contributed by atoms with Gasteiger partial charge >= 0.3 is 0 Å². The molecule has 6 heteroatoms. The lowest BCUT2D eigenvalue weighted by Gasteiger charge is -2.40. The van der Waals surface area contributed by atoms with Crippen LogP contribution >= 0.6 is 11.6 Å². The molecule has 2 aromatic carbocycles. The van der Waals surface area contributed by atoms with Gasteiger partial charge in [-0.1, -0.05) is 23.7 Å². The fraction of sp³-hybridized carbons (Fsp3) is 0.440. The second-order valence-corrected chi connectivity index (χ2v) is 8.99. The van der Waals surface area contributed by atoms with Crippen molar-refractivity contribution in [3.8, 4) is 0 Å². The average Bonchev–Trinajstić information content (AvgIpc) is 2.96. The van der Waals surface area contributed by atoms with Crippen molar-refractivity contribution in [1.82, 2.24) is 9.80 Å². The third-order valence-electron chi connectivity index (χ3n) is 6.51. The number of amides is 1. The highest BCUT2D eigenvalue weighted by Gasteiger charge is 2.28. The van der Waals surface area contributed by atoms with Crippen molar-refractivity contribution in [2.75, 3.05) is 37.6 Å². The lowest BCUT2D eigenvalue weighted by Crippen LogP contribution is -2.50. The number of hydrogen-bond acceptors (Lipinski definition) is 4. The number of likely N-dealkylation sites (tertiary alicyclic amines) is 1. The summed E-state index contributed by atoms with van der Waals surface area (Å²) in [4.78, 5) is 31.1. The van der Waals surface area contributed by atoms with Crippen LogP contribution in [0.3, 0.4) is 0 Å². The molecule has 1 amide bonds. The minimum absolute atomic E-state index is 0.101. The van der Waals surface area contributed by atoms with Gasteiger partial charge in [-0.3, -0.25) is 14.5 Å². The second-order valence-electron chi connectivity index (χ2n) is 8.55. The van der Waals surface area contributed by atoms with Crippen molar-refractivity contribution >= 4 is 29.0 Å². The molecule has 0 bridgehead atoms. The summed E-state index contributed by atoms with van der Waals surface area (Å²) in [5.41, 5.74) is 3.02. The Labute approximate surface area is 189 Å². The van der Waals surface area contributed by atoms with E-state index in [1.165, 1.54) is 5.69 Å². The van der Waals surface area contributed by atoms with E-state index in [9.17, 15) is 9.59 Å². The predicted molar refractivity (Wildman–Crippen MR) is 125 cm³/mol. The average molecular weight is 440 g/mol. The number of carbonyl (C=O) groups is 2. The summed E-state index contributed by atoms with van der Waals surface area (Å²) in [7, 11) is 0. The minimum Gasteiger partial charge on any atom is -0.369 e. The Bertz CT molecular complexity index is 923. The summed E-state index contributed by atoms with van der Waals surface area (Å²) in [6, 6.07) is 16.2. The minimum atomic E-state index is 0.101. The molecule has 0 spiro atoms. The third kappa shape index (κ3) is 5.46. The molecular weight excluding hydrogens is 410 g/mol. The van der Waals surface area contributed by atoms with Crippen molar-refractivity contribution < 1.29 is 9.59 Å². The molecule has 0 saturated carbocycles. The number of halogens is 1. The second kappa shape index (κ2) is 9.84. The van der Waals surface area contributed by atoms with E-state index in [-0.39, 0.29) is 11.7 Å². The number of anilines is 1. The number of ketones is 1. The normalized spacial score (nSPS) is 20.6. The first-order valence-corrected chi connectivity index (χ1v) is 11.5. The largest absolute Gasteiger partial charge is 0.369 e. The van der Waals surface area contributed by atoms with Crippen LogP contribution in [0.2, 0.25) is 5.02 Å². The highest BCUT2D eigenvalue weighted by molar-refractivity contribution is 6.30. The van der Waals surface area contributed by atoms with Crippen LogP contribution in [0.4, 0.5) is 5.69 Å². The van der Waals surface area contributed by atoms with E-state index in [1.54, 1.807) is 6.92 Å². The maximum absolute atomic E-state index is 12.7. The fourth-order valence-corrected chi connectivity index (χ4v) is 4.88. The molecule has 164 valence electrons. The molecule has 0 radical (unpaired) electrons. The van der Waals surface area contributed by atoms with E-state index in [1.807, 2.05) is 53.4 Å². The fourth-order valence-electron chi connectivity index (χ4n) is 4.66. The monoisotopic (exact) mass is 439 g/mol. The summed E-state index contributed by atoms with van der Waals surface area (Å²) in [5.74, 6) is 0.343. The summed E-state index contributed by atoms with van der Waals surface area (Å²) >= 11 is 6.10. The van der Waals surface area contributed by atoms with Crippen molar-refractivity contribution in [1.29, 1.82) is 0 Å². The van der Waals surface area contributed by atoms with Gasteiger partial charge in [-0.05, 0) is 61.7 Å². The van der Waals surface area contributed by atoms with Crippen LogP contribution in [0.1, 0.15) is 42.1 Å². The molecule has 0 aliphatic carbocycles. The summed E-state index contributed by atoms with van der Waals surface area (Å²) in [6.07, 6.45) is 2.55. The Morgan fingerprint density at radius 3 is 2.42 bits per heavy atom. The molecule has 2 aliphatic heterocycles.